The highest BCUT2D eigenvalue weighted by molar-refractivity contribution is 7.89. The highest BCUT2D eigenvalue weighted by atomic mass is 32.2. The van der Waals surface area contributed by atoms with Gasteiger partial charge in [-0.05, 0) is 43.6 Å². The first kappa shape index (κ1) is 14.6. The Labute approximate surface area is 120 Å². The molecule has 2 rings (SSSR count). The van der Waals surface area contributed by atoms with E-state index < -0.39 is 10.0 Å². The van der Waals surface area contributed by atoms with E-state index in [4.69, 9.17) is 5.14 Å². The van der Waals surface area contributed by atoms with E-state index in [9.17, 15) is 13.2 Å². The second kappa shape index (κ2) is 5.31. The molecule has 0 fully saturated rings. The number of hydrogen-bond donors (Lipinski definition) is 2. The van der Waals surface area contributed by atoms with Crippen LogP contribution in [0.2, 0.25) is 0 Å². The lowest BCUT2D eigenvalue weighted by molar-refractivity contribution is 0.101. The monoisotopic (exact) mass is 311 g/mol. The summed E-state index contributed by atoms with van der Waals surface area (Å²) < 4.78 is 26.7. The summed E-state index contributed by atoms with van der Waals surface area (Å²) in [7, 11) is -3.76. The summed E-state index contributed by atoms with van der Waals surface area (Å²) in [5.74, 6) is -0.0960. The molecule has 6 nitrogen and oxygen atoms in total. The number of primary sulfonamides is 1. The van der Waals surface area contributed by atoms with Crippen molar-refractivity contribution in [2.24, 2.45) is 5.14 Å². The topological polar surface area (TPSA) is 102 Å². The molecule has 2 aromatic rings. The van der Waals surface area contributed by atoms with Crippen LogP contribution in [0.4, 0.5) is 10.7 Å². The van der Waals surface area contributed by atoms with Gasteiger partial charge in [0.05, 0.1) is 16.2 Å². The van der Waals surface area contributed by atoms with Crippen LogP contribution in [-0.2, 0) is 10.0 Å². The van der Waals surface area contributed by atoms with Crippen molar-refractivity contribution in [1.82, 2.24) is 4.37 Å². The number of nitrogens with two attached hydrogens (primary N) is 1. The number of nitrogens with one attached hydrogen (secondary N) is 1. The Morgan fingerprint density at radius 3 is 2.70 bits per heavy atom. The number of carbonyl (C=O) groups excluding carboxylic acids is 1. The van der Waals surface area contributed by atoms with E-state index in [2.05, 4.69) is 9.69 Å². The van der Waals surface area contributed by atoms with Gasteiger partial charge in [0.15, 0.2) is 5.78 Å². The molecule has 0 aliphatic rings. The lowest BCUT2D eigenvalue weighted by Gasteiger charge is -2.07. The third kappa shape index (κ3) is 3.03. The maximum atomic E-state index is 11.6. The predicted octanol–water partition coefficient (Wildman–Crippen LogP) is 2.05. The zero-order valence-corrected chi connectivity index (χ0v) is 12.5. The van der Waals surface area contributed by atoms with Crippen molar-refractivity contribution in [3.63, 3.8) is 0 Å². The molecule has 0 unspecified atom stereocenters. The second-order valence-electron chi connectivity index (χ2n) is 4.23. The molecule has 20 heavy (non-hydrogen) atoms. The van der Waals surface area contributed by atoms with Crippen LogP contribution in [-0.4, -0.2) is 18.6 Å². The molecular formula is C12H13N3O3S2. The average Bonchev–Trinajstić information content (AvgIpc) is 2.69. The summed E-state index contributed by atoms with van der Waals surface area (Å²) >= 11 is 1.15. The summed E-state index contributed by atoms with van der Waals surface area (Å²) in [6.07, 6.45) is 0. The van der Waals surface area contributed by atoms with E-state index in [1.807, 2.05) is 0 Å². The number of ketones is 1. The van der Waals surface area contributed by atoms with E-state index in [0.29, 0.717) is 21.9 Å². The zero-order chi connectivity index (χ0) is 14.9. The molecule has 0 spiro atoms. The molecule has 0 saturated carbocycles. The highest BCUT2D eigenvalue weighted by Crippen LogP contribution is 2.29. The molecule has 1 aromatic carbocycles. The number of hydrogen-bond acceptors (Lipinski definition) is 6. The van der Waals surface area contributed by atoms with Crippen LogP contribution in [0, 0.1) is 6.92 Å². The maximum absolute atomic E-state index is 11.6. The number of nitrogens with zero attached hydrogens (tertiary/aromatic N) is 1. The number of anilines is 2. The summed E-state index contributed by atoms with van der Waals surface area (Å²) in [4.78, 5) is 11.6. The van der Waals surface area contributed by atoms with Gasteiger partial charge in [-0.1, -0.05) is 6.07 Å². The quantitative estimate of drug-likeness (QED) is 0.841. The molecular weight excluding hydrogens is 298 g/mol. The molecule has 0 atom stereocenters. The zero-order valence-electron chi connectivity index (χ0n) is 10.9. The fourth-order valence-electron chi connectivity index (χ4n) is 1.75. The lowest BCUT2D eigenvalue weighted by atomic mass is 10.2. The number of rotatable bonds is 4. The fraction of sp³-hybridized carbons (Fsp3) is 0.167. The van der Waals surface area contributed by atoms with Crippen molar-refractivity contribution in [3.05, 3.63) is 35.5 Å². The Hall–Kier alpha value is -1.77. The number of sulfonamides is 1. The number of Topliss-reactive ketones (excluding diaryl/α,β-unsaturated/α-hetero) is 1. The summed E-state index contributed by atoms with van der Waals surface area (Å²) in [6.45, 7) is 3.21. The minimum absolute atomic E-state index is 0.00751. The van der Waals surface area contributed by atoms with Crippen LogP contribution in [0.5, 0.6) is 0 Å². The minimum Gasteiger partial charge on any atom is -0.345 e. The molecule has 106 valence electrons. The van der Waals surface area contributed by atoms with Gasteiger partial charge >= 0.3 is 0 Å². The van der Waals surface area contributed by atoms with Gasteiger partial charge in [-0.25, -0.2) is 13.6 Å². The molecule has 0 aliphatic carbocycles. The van der Waals surface area contributed by atoms with Crippen molar-refractivity contribution in [2.75, 3.05) is 5.32 Å². The van der Waals surface area contributed by atoms with Crippen LogP contribution in [0.1, 0.15) is 23.0 Å². The van der Waals surface area contributed by atoms with Gasteiger partial charge in [0.25, 0.3) is 0 Å². The number of benzene rings is 1. The Kier molecular flexibility index (Phi) is 3.89. The molecule has 0 amide bonds. The van der Waals surface area contributed by atoms with E-state index in [1.54, 1.807) is 19.1 Å². The predicted molar refractivity (Wildman–Crippen MR) is 78.0 cm³/mol. The molecule has 0 saturated heterocycles. The van der Waals surface area contributed by atoms with Crippen LogP contribution >= 0.6 is 11.5 Å². The number of aryl methyl sites for hydroxylation is 1. The van der Waals surface area contributed by atoms with Crippen molar-refractivity contribution in [3.8, 4) is 0 Å². The molecule has 3 N–H and O–H groups in total. The van der Waals surface area contributed by atoms with Gasteiger partial charge in [0.2, 0.25) is 10.0 Å². The summed E-state index contributed by atoms with van der Waals surface area (Å²) in [5.41, 5.74) is 1.69. The minimum atomic E-state index is -3.76. The van der Waals surface area contributed by atoms with Crippen LogP contribution in [0.3, 0.4) is 0 Å². The first-order valence-corrected chi connectivity index (χ1v) is 7.98. The second-order valence-corrected chi connectivity index (χ2v) is 6.56. The van der Waals surface area contributed by atoms with Crippen molar-refractivity contribution in [2.45, 2.75) is 18.7 Å². The van der Waals surface area contributed by atoms with E-state index in [0.717, 1.165) is 11.5 Å². The van der Waals surface area contributed by atoms with Crippen molar-refractivity contribution >= 4 is 38.0 Å². The molecule has 8 heteroatoms. The third-order valence-corrected chi connectivity index (χ3v) is 4.40. The van der Waals surface area contributed by atoms with Crippen molar-refractivity contribution in [1.29, 1.82) is 0 Å². The average molecular weight is 311 g/mol. The third-order valence-electron chi connectivity index (χ3n) is 2.64. The molecule has 0 radical (unpaired) electrons. The fourth-order valence-corrected chi connectivity index (χ4v) is 3.18. The SMILES string of the molecule is CC(=O)c1c(C)nsc1Nc1cccc(S(N)(=O)=O)c1. The highest BCUT2D eigenvalue weighted by Gasteiger charge is 2.15. The smallest absolute Gasteiger partial charge is 0.238 e. The first-order chi connectivity index (χ1) is 9.29. The lowest BCUT2D eigenvalue weighted by Crippen LogP contribution is -2.12. The van der Waals surface area contributed by atoms with Gasteiger partial charge in [-0.3, -0.25) is 4.79 Å². The number of aromatic nitrogens is 1. The Morgan fingerprint density at radius 1 is 1.40 bits per heavy atom. The van der Waals surface area contributed by atoms with Gasteiger partial charge in [-0.15, -0.1) is 0 Å². The van der Waals surface area contributed by atoms with Gasteiger partial charge in [0.1, 0.15) is 5.00 Å². The van der Waals surface area contributed by atoms with E-state index in [1.165, 1.54) is 19.1 Å². The maximum Gasteiger partial charge on any atom is 0.238 e. The normalized spacial score (nSPS) is 11.3. The Balaban J connectivity index is 2.39. The van der Waals surface area contributed by atoms with Gasteiger partial charge < -0.3 is 5.32 Å². The van der Waals surface area contributed by atoms with Gasteiger partial charge in [0, 0.05) is 5.69 Å². The Bertz CT molecular complexity index is 766. The standard InChI is InChI=1S/C12H13N3O3S2/c1-7-11(8(2)16)12(19-15-7)14-9-4-3-5-10(6-9)20(13,17)18/h3-6,14H,1-2H3,(H2,13,17,18). The largest absolute Gasteiger partial charge is 0.345 e. The molecule has 1 heterocycles. The molecule has 0 bridgehead atoms. The summed E-state index contributed by atoms with van der Waals surface area (Å²) in [5, 5.41) is 8.67. The van der Waals surface area contributed by atoms with Crippen molar-refractivity contribution < 1.29 is 13.2 Å². The van der Waals surface area contributed by atoms with Crippen LogP contribution < -0.4 is 10.5 Å². The van der Waals surface area contributed by atoms with Gasteiger partial charge in [-0.2, -0.15) is 4.37 Å². The molecule has 1 aromatic heterocycles. The first-order valence-electron chi connectivity index (χ1n) is 5.66. The number of carbonyl (C=O) groups is 1. The molecule has 0 aliphatic heterocycles. The van der Waals surface area contributed by atoms with Crippen LogP contribution in [0.15, 0.2) is 29.2 Å². The van der Waals surface area contributed by atoms with Crippen LogP contribution in [0.25, 0.3) is 0 Å². The Morgan fingerprint density at radius 2 is 2.10 bits per heavy atom. The van der Waals surface area contributed by atoms with E-state index in [-0.39, 0.29) is 10.7 Å². The van der Waals surface area contributed by atoms with E-state index >= 15 is 0 Å². The summed E-state index contributed by atoms with van der Waals surface area (Å²) in [6, 6.07) is 6.08.